The summed E-state index contributed by atoms with van der Waals surface area (Å²) in [5.74, 6) is -0.723. The number of nitrogens with two attached hydrogens (primary N) is 1. The molecule has 1 aliphatic heterocycles. The number of carbonyl (C=O) groups excluding carboxylic acids is 2. The van der Waals surface area contributed by atoms with Gasteiger partial charge in [0.05, 0.1) is 10.3 Å². The molecule has 0 aromatic heterocycles. The van der Waals surface area contributed by atoms with Crippen LogP contribution in [0, 0.1) is 5.41 Å². The predicted octanol–water partition coefficient (Wildman–Crippen LogP) is 2.09. The van der Waals surface area contributed by atoms with Crippen LogP contribution in [0.5, 0.6) is 0 Å². The summed E-state index contributed by atoms with van der Waals surface area (Å²) in [5, 5.41) is 0. The molecule has 7 nitrogen and oxygen atoms in total. The van der Waals surface area contributed by atoms with Crippen molar-refractivity contribution in [2.45, 2.75) is 25.2 Å². The van der Waals surface area contributed by atoms with Crippen LogP contribution in [0.2, 0.25) is 0 Å². The van der Waals surface area contributed by atoms with Crippen molar-refractivity contribution in [3.8, 4) is 11.1 Å². The summed E-state index contributed by atoms with van der Waals surface area (Å²) in [6, 6.07) is 16.6. The Kier molecular flexibility index (Phi) is 6.28. The molecule has 8 heteroatoms. The van der Waals surface area contributed by atoms with E-state index in [9.17, 15) is 18.0 Å². The lowest BCUT2D eigenvalue weighted by Crippen LogP contribution is -2.51. The first-order valence-corrected chi connectivity index (χ1v) is 11.3. The maximum absolute atomic E-state index is 13.0. The number of primary amides is 1. The number of rotatable bonds is 6. The highest BCUT2D eigenvalue weighted by molar-refractivity contribution is 7.89. The van der Waals surface area contributed by atoms with Crippen LogP contribution in [0.1, 0.15) is 20.3 Å². The average Bonchev–Trinajstić information content (AvgIpc) is 2.74. The zero-order chi connectivity index (χ0) is 21.9. The fourth-order valence-electron chi connectivity index (χ4n) is 3.35. The van der Waals surface area contributed by atoms with Crippen molar-refractivity contribution in [3.63, 3.8) is 0 Å². The van der Waals surface area contributed by atoms with Gasteiger partial charge in [0.15, 0.2) is 0 Å². The van der Waals surface area contributed by atoms with Crippen molar-refractivity contribution in [2.75, 3.05) is 26.2 Å². The Morgan fingerprint density at radius 1 is 0.900 bits per heavy atom. The van der Waals surface area contributed by atoms with E-state index in [2.05, 4.69) is 0 Å². The first-order valence-electron chi connectivity index (χ1n) is 9.84. The second-order valence-electron chi connectivity index (χ2n) is 8.10. The summed E-state index contributed by atoms with van der Waals surface area (Å²) < 4.78 is 27.4. The molecule has 0 spiro atoms. The minimum atomic E-state index is -3.64. The van der Waals surface area contributed by atoms with Crippen LogP contribution in [-0.4, -0.2) is 55.6 Å². The summed E-state index contributed by atoms with van der Waals surface area (Å²) >= 11 is 0. The molecule has 0 aliphatic carbocycles. The number of hydrogen-bond acceptors (Lipinski definition) is 4. The van der Waals surface area contributed by atoms with Gasteiger partial charge in [0.1, 0.15) is 0 Å². The van der Waals surface area contributed by atoms with Gasteiger partial charge in [-0.1, -0.05) is 56.3 Å². The number of amides is 2. The Hall–Kier alpha value is -2.71. The predicted molar refractivity (Wildman–Crippen MR) is 115 cm³/mol. The molecule has 2 aromatic carbocycles. The fourth-order valence-corrected chi connectivity index (χ4v) is 4.78. The van der Waals surface area contributed by atoms with Gasteiger partial charge in [-0.25, -0.2) is 8.42 Å². The maximum atomic E-state index is 13.0. The van der Waals surface area contributed by atoms with Gasteiger partial charge in [-0.3, -0.25) is 9.59 Å². The highest BCUT2D eigenvalue weighted by Crippen LogP contribution is 2.25. The van der Waals surface area contributed by atoms with Crippen LogP contribution < -0.4 is 5.73 Å². The minimum Gasteiger partial charge on any atom is -0.369 e. The normalized spacial score (nSPS) is 15.7. The summed E-state index contributed by atoms with van der Waals surface area (Å²) in [6.45, 7) is 4.27. The number of benzene rings is 2. The molecule has 1 saturated heterocycles. The summed E-state index contributed by atoms with van der Waals surface area (Å²) in [4.78, 5) is 25.8. The number of hydrogen-bond donors (Lipinski definition) is 1. The smallest absolute Gasteiger partial charge is 0.243 e. The minimum absolute atomic E-state index is 0.00995. The van der Waals surface area contributed by atoms with E-state index in [1.807, 2.05) is 30.3 Å². The average molecular weight is 430 g/mol. The molecule has 30 heavy (non-hydrogen) atoms. The number of sulfonamides is 1. The van der Waals surface area contributed by atoms with Crippen LogP contribution in [-0.2, 0) is 19.6 Å². The highest BCUT2D eigenvalue weighted by Gasteiger charge is 2.34. The lowest BCUT2D eigenvalue weighted by Gasteiger charge is -2.35. The molecule has 2 amide bonds. The molecule has 0 bridgehead atoms. The topological polar surface area (TPSA) is 101 Å². The van der Waals surface area contributed by atoms with Gasteiger partial charge in [0.25, 0.3) is 0 Å². The van der Waals surface area contributed by atoms with E-state index in [4.69, 9.17) is 5.73 Å². The SMILES string of the molecule is CC(C)(CC(=O)N1CCN(S(=O)(=O)c2ccc(-c3ccccc3)cc2)CC1)C(N)=O. The van der Waals surface area contributed by atoms with Crippen LogP contribution in [0.3, 0.4) is 0 Å². The van der Waals surface area contributed by atoms with Gasteiger partial charge in [-0.15, -0.1) is 0 Å². The number of carbonyl (C=O) groups is 2. The molecular weight excluding hydrogens is 402 g/mol. The second kappa shape index (κ2) is 8.57. The van der Waals surface area contributed by atoms with Crippen molar-refractivity contribution in [2.24, 2.45) is 11.1 Å². The first-order chi connectivity index (χ1) is 14.1. The third-order valence-corrected chi connectivity index (χ3v) is 7.36. The molecule has 0 atom stereocenters. The molecule has 160 valence electrons. The van der Waals surface area contributed by atoms with Crippen LogP contribution in [0.15, 0.2) is 59.5 Å². The van der Waals surface area contributed by atoms with E-state index in [-0.39, 0.29) is 43.4 Å². The van der Waals surface area contributed by atoms with Gasteiger partial charge in [0.2, 0.25) is 21.8 Å². The third kappa shape index (κ3) is 4.71. The van der Waals surface area contributed by atoms with Gasteiger partial charge in [-0.2, -0.15) is 4.31 Å². The summed E-state index contributed by atoms with van der Waals surface area (Å²) in [7, 11) is -3.64. The van der Waals surface area contributed by atoms with Crippen LogP contribution in [0.4, 0.5) is 0 Å². The van der Waals surface area contributed by atoms with Crippen LogP contribution in [0.25, 0.3) is 11.1 Å². The van der Waals surface area contributed by atoms with Crippen molar-refractivity contribution in [1.82, 2.24) is 9.21 Å². The zero-order valence-electron chi connectivity index (χ0n) is 17.2. The van der Waals surface area contributed by atoms with E-state index in [0.29, 0.717) is 0 Å². The maximum Gasteiger partial charge on any atom is 0.243 e. The van der Waals surface area contributed by atoms with Crippen molar-refractivity contribution >= 4 is 21.8 Å². The lowest BCUT2D eigenvalue weighted by molar-refractivity contribution is -0.139. The molecule has 0 saturated carbocycles. The van der Waals surface area contributed by atoms with Gasteiger partial charge in [0, 0.05) is 32.6 Å². The third-order valence-electron chi connectivity index (χ3n) is 5.45. The van der Waals surface area contributed by atoms with Crippen molar-refractivity contribution < 1.29 is 18.0 Å². The van der Waals surface area contributed by atoms with Crippen LogP contribution >= 0.6 is 0 Å². The quantitative estimate of drug-likeness (QED) is 0.760. The second-order valence-corrected chi connectivity index (χ2v) is 10.0. The Bertz CT molecular complexity index is 1010. The van der Waals surface area contributed by atoms with E-state index >= 15 is 0 Å². The number of nitrogens with zero attached hydrogens (tertiary/aromatic N) is 2. The molecule has 1 aliphatic rings. The molecule has 0 unspecified atom stereocenters. The molecular formula is C22H27N3O4S. The number of piperazine rings is 1. The monoisotopic (exact) mass is 429 g/mol. The zero-order valence-corrected chi connectivity index (χ0v) is 18.1. The molecule has 3 rings (SSSR count). The van der Waals surface area contributed by atoms with E-state index in [0.717, 1.165) is 11.1 Å². The van der Waals surface area contributed by atoms with Gasteiger partial charge < -0.3 is 10.6 Å². The summed E-state index contributed by atoms with van der Waals surface area (Å²) in [5.41, 5.74) is 6.38. The van der Waals surface area contributed by atoms with Gasteiger partial charge >= 0.3 is 0 Å². The van der Waals surface area contributed by atoms with E-state index in [1.165, 1.54) is 4.31 Å². The Labute approximate surface area is 177 Å². The van der Waals surface area contributed by atoms with Gasteiger partial charge in [-0.05, 0) is 23.3 Å². The first kappa shape index (κ1) is 22.0. The highest BCUT2D eigenvalue weighted by atomic mass is 32.2. The molecule has 1 heterocycles. The molecule has 2 N–H and O–H groups in total. The Morgan fingerprint density at radius 3 is 1.97 bits per heavy atom. The fraction of sp³-hybridized carbons (Fsp3) is 0.364. The molecule has 1 fully saturated rings. The van der Waals surface area contributed by atoms with E-state index in [1.54, 1.807) is 43.0 Å². The molecule has 2 aromatic rings. The Morgan fingerprint density at radius 2 is 1.43 bits per heavy atom. The van der Waals surface area contributed by atoms with E-state index < -0.39 is 21.3 Å². The standard InChI is InChI=1S/C22H27N3O4S/c1-22(2,21(23)27)16-20(26)24-12-14-25(15-13-24)30(28,29)19-10-8-18(9-11-19)17-6-4-3-5-7-17/h3-11H,12-16H2,1-2H3,(H2,23,27). The summed E-state index contributed by atoms with van der Waals surface area (Å²) in [6.07, 6.45) is 0.00995. The molecule has 0 radical (unpaired) electrons. The largest absolute Gasteiger partial charge is 0.369 e. The van der Waals surface area contributed by atoms with Crippen molar-refractivity contribution in [3.05, 3.63) is 54.6 Å². The van der Waals surface area contributed by atoms with Crippen molar-refractivity contribution in [1.29, 1.82) is 0 Å². The lowest BCUT2D eigenvalue weighted by atomic mass is 9.88. The Balaban J connectivity index is 1.65.